The maximum Gasteiger partial charge on any atom is 0.191 e. The first kappa shape index (κ1) is 22.4. The van der Waals surface area contributed by atoms with Crippen LogP contribution in [-0.4, -0.2) is 31.6 Å². The van der Waals surface area contributed by atoms with E-state index in [1.807, 2.05) is 0 Å². The van der Waals surface area contributed by atoms with Gasteiger partial charge in [-0.3, -0.25) is 0 Å². The van der Waals surface area contributed by atoms with Crippen molar-refractivity contribution in [1.82, 2.24) is 10.6 Å². The third-order valence-electron chi connectivity index (χ3n) is 4.41. The molecule has 148 valence electrons. The van der Waals surface area contributed by atoms with Crippen LogP contribution in [0.5, 0.6) is 0 Å². The summed E-state index contributed by atoms with van der Waals surface area (Å²) in [6, 6.07) is 9.38. The third kappa shape index (κ3) is 6.60. The maximum atomic E-state index is 13.4. The largest absolute Gasteiger partial charge is 0.363 e. The molecule has 1 saturated heterocycles. The summed E-state index contributed by atoms with van der Waals surface area (Å²) in [6.45, 7) is 5.38. The molecule has 0 unspecified atom stereocenters. The maximum absolute atomic E-state index is 13.4. The van der Waals surface area contributed by atoms with Crippen molar-refractivity contribution >= 4 is 62.2 Å². The van der Waals surface area contributed by atoms with Gasteiger partial charge in [0.15, 0.2) is 5.96 Å². The van der Waals surface area contributed by atoms with Gasteiger partial charge >= 0.3 is 0 Å². The van der Waals surface area contributed by atoms with Crippen molar-refractivity contribution in [2.24, 2.45) is 4.99 Å². The molecule has 0 aliphatic carbocycles. The quantitative estimate of drug-likeness (QED) is 0.304. The van der Waals surface area contributed by atoms with E-state index in [9.17, 15) is 4.39 Å². The SMILES string of the molecule is CCNC(=NCc1cc(F)ccc1Br)NC1CCN(c2cccs2)CC1.I. The van der Waals surface area contributed by atoms with E-state index < -0.39 is 0 Å². The summed E-state index contributed by atoms with van der Waals surface area (Å²) in [4.78, 5) is 7.08. The second kappa shape index (κ2) is 11.2. The molecule has 8 heteroatoms. The molecule has 2 aromatic rings. The Labute approximate surface area is 189 Å². The van der Waals surface area contributed by atoms with Gasteiger partial charge in [0.1, 0.15) is 5.82 Å². The number of hydrogen-bond acceptors (Lipinski definition) is 3. The predicted molar refractivity (Wildman–Crippen MR) is 127 cm³/mol. The lowest BCUT2D eigenvalue weighted by Gasteiger charge is -2.33. The van der Waals surface area contributed by atoms with E-state index in [-0.39, 0.29) is 29.8 Å². The molecule has 2 heterocycles. The first-order valence-corrected chi connectivity index (χ1v) is 10.6. The highest BCUT2D eigenvalue weighted by Crippen LogP contribution is 2.25. The predicted octanol–water partition coefficient (Wildman–Crippen LogP) is 4.99. The fourth-order valence-corrected chi connectivity index (χ4v) is 4.19. The van der Waals surface area contributed by atoms with Crippen molar-refractivity contribution in [2.45, 2.75) is 32.4 Å². The summed E-state index contributed by atoms with van der Waals surface area (Å²) < 4.78 is 14.3. The monoisotopic (exact) mass is 566 g/mol. The van der Waals surface area contributed by atoms with E-state index in [0.29, 0.717) is 12.6 Å². The molecule has 1 aromatic carbocycles. The Balaban J connectivity index is 0.00000261. The highest BCUT2D eigenvalue weighted by atomic mass is 127. The van der Waals surface area contributed by atoms with Crippen LogP contribution in [0.15, 0.2) is 45.2 Å². The number of piperidine rings is 1. The van der Waals surface area contributed by atoms with Crippen molar-refractivity contribution in [3.63, 3.8) is 0 Å². The fraction of sp³-hybridized carbons (Fsp3) is 0.421. The van der Waals surface area contributed by atoms with Crippen molar-refractivity contribution in [2.75, 3.05) is 24.5 Å². The highest BCUT2D eigenvalue weighted by molar-refractivity contribution is 14.0. The number of aliphatic imine (C=N–C) groups is 1. The zero-order chi connectivity index (χ0) is 18.4. The molecule has 3 rings (SSSR count). The molecule has 1 aliphatic rings. The molecule has 1 aliphatic heterocycles. The Kier molecular flexibility index (Phi) is 9.31. The molecule has 0 saturated carbocycles. The molecule has 0 radical (unpaired) electrons. The highest BCUT2D eigenvalue weighted by Gasteiger charge is 2.20. The number of nitrogens with one attached hydrogen (secondary N) is 2. The minimum Gasteiger partial charge on any atom is -0.363 e. The van der Waals surface area contributed by atoms with Crippen LogP contribution in [0.2, 0.25) is 0 Å². The van der Waals surface area contributed by atoms with E-state index in [1.165, 1.54) is 17.1 Å². The number of halogens is 3. The van der Waals surface area contributed by atoms with Crippen LogP contribution >= 0.6 is 51.2 Å². The number of guanidine groups is 1. The average molecular weight is 567 g/mol. The van der Waals surface area contributed by atoms with Gasteiger partial charge in [-0.2, -0.15) is 0 Å². The van der Waals surface area contributed by atoms with Crippen molar-refractivity contribution < 1.29 is 4.39 Å². The number of anilines is 1. The summed E-state index contributed by atoms with van der Waals surface area (Å²) in [5, 5.41) is 10.3. The van der Waals surface area contributed by atoms with Crippen LogP contribution in [0.4, 0.5) is 9.39 Å². The van der Waals surface area contributed by atoms with Gasteiger partial charge in [-0.05, 0) is 61.0 Å². The Hall–Kier alpha value is -0.870. The molecule has 1 fully saturated rings. The van der Waals surface area contributed by atoms with E-state index >= 15 is 0 Å². The van der Waals surface area contributed by atoms with Crippen LogP contribution in [0, 0.1) is 5.82 Å². The van der Waals surface area contributed by atoms with E-state index in [0.717, 1.165) is 48.5 Å². The first-order valence-electron chi connectivity index (χ1n) is 8.93. The van der Waals surface area contributed by atoms with E-state index in [1.54, 1.807) is 17.4 Å². The summed E-state index contributed by atoms with van der Waals surface area (Å²) >= 11 is 5.26. The first-order chi connectivity index (χ1) is 12.7. The number of thiophene rings is 1. The van der Waals surface area contributed by atoms with Gasteiger partial charge in [0.2, 0.25) is 0 Å². The number of benzene rings is 1. The van der Waals surface area contributed by atoms with Gasteiger partial charge in [0, 0.05) is 30.1 Å². The summed E-state index contributed by atoms with van der Waals surface area (Å²) in [5.74, 6) is 0.551. The van der Waals surface area contributed by atoms with Crippen molar-refractivity contribution in [1.29, 1.82) is 0 Å². The molecule has 0 bridgehead atoms. The molecule has 27 heavy (non-hydrogen) atoms. The fourth-order valence-electron chi connectivity index (χ4n) is 3.04. The third-order valence-corrected chi connectivity index (χ3v) is 6.12. The van der Waals surface area contributed by atoms with Crippen molar-refractivity contribution in [3.05, 3.63) is 51.6 Å². The zero-order valence-electron chi connectivity index (χ0n) is 15.3. The lowest BCUT2D eigenvalue weighted by Crippen LogP contribution is -2.48. The Morgan fingerprint density at radius 1 is 1.33 bits per heavy atom. The van der Waals surface area contributed by atoms with Crippen molar-refractivity contribution in [3.8, 4) is 0 Å². The topological polar surface area (TPSA) is 39.7 Å². The Morgan fingerprint density at radius 2 is 2.11 bits per heavy atom. The lowest BCUT2D eigenvalue weighted by molar-refractivity contribution is 0.463. The molecule has 0 atom stereocenters. The second-order valence-corrected chi connectivity index (χ2v) is 8.07. The van der Waals surface area contributed by atoms with Crippen LogP contribution in [0.1, 0.15) is 25.3 Å². The molecule has 1 aromatic heterocycles. The van der Waals surface area contributed by atoms with E-state index in [2.05, 4.69) is 60.9 Å². The van der Waals surface area contributed by atoms with Gasteiger partial charge < -0.3 is 15.5 Å². The number of rotatable bonds is 5. The molecule has 4 nitrogen and oxygen atoms in total. The van der Waals surface area contributed by atoms with Crippen LogP contribution in [-0.2, 0) is 6.54 Å². The van der Waals surface area contributed by atoms with Crippen LogP contribution < -0.4 is 15.5 Å². The minimum absolute atomic E-state index is 0. The molecule has 2 N–H and O–H groups in total. The van der Waals surface area contributed by atoms with Gasteiger partial charge in [-0.25, -0.2) is 9.38 Å². The van der Waals surface area contributed by atoms with Gasteiger partial charge in [0.25, 0.3) is 0 Å². The Morgan fingerprint density at radius 3 is 2.78 bits per heavy atom. The Bertz CT molecular complexity index is 733. The summed E-state index contributed by atoms with van der Waals surface area (Å²) in [7, 11) is 0. The van der Waals surface area contributed by atoms with Gasteiger partial charge in [-0.15, -0.1) is 35.3 Å². The smallest absolute Gasteiger partial charge is 0.191 e. The molecular formula is C19H25BrFIN4S. The standard InChI is InChI=1S/C19H24BrFN4S.HI/c1-2-22-19(23-13-14-12-15(21)5-6-17(14)20)24-16-7-9-25(10-8-16)18-4-3-11-26-18;/h3-6,11-12,16H,2,7-10,13H2,1H3,(H2,22,23,24);1H. The average Bonchev–Trinajstić information content (AvgIpc) is 3.18. The zero-order valence-corrected chi connectivity index (χ0v) is 20.0. The normalized spacial score (nSPS) is 15.4. The van der Waals surface area contributed by atoms with E-state index in [4.69, 9.17) is 0 Å². The van der Waals surface area contributed by atoms with Crippen LogP contribution in [0.25, 0.3) is 0 Å². The summed E-state index contributed by atoms with van der Waals surface area (Å²) in [6.07, 6.45) is 2.15. The lowest BCUT2D eigenvalue weighted by atomic mass is 10.1. The minimum atomic E-state index is -0.239. The van der Waals surface area contributed by atoms with Crippen LogP contribution in [0.3, 0.4) is 0 Å². The molecule has 0 amide bonds. The summed E-state index contributed by atoms with van der Waals surface area (Å²) in [5.41, 5.74) is 0.842. The van der Waals surface area contributed by atoms with Gasteiger partial charge in [0.05, 0.1) is 11.5 Å². The molecule has 0 spiro atoms. The number of hydrogen-bond donors (Lipinski definition) is 2. The van der Waals surface area contributed by atoms with Gasteiger partial charge in [-0.1, -0.05) is 15.9 Å². The number of nitrogens with zero attached hydrogens (tertiary/aromatic N) is 2. The molecular weight excluding hydrogens is 542 g/mol. The second-order valence-electron chi connectivity index (χ2n) is 6.29.